The first-order valence-corrected chi connectivity index (χ1v) is 3.58. The topological polar surface area (TPSA) is 0 Å². The number of benzene rings is 1. The molecule has 0 aliphatic rings. The molecule has 0 heteroatoms. The fourth-order valence-electron chi connectivity index (χ4n) is 1.06. The van der Waals surface area contributed by atoms with E-state index in [1.165, 1.54) is 11.1 Å². The van der Waals surface area contributed by atoms with E-state index >= 15 is 0 Å². The summed E-state index contributed by atoms with van der Waals surface area (Å²) in [4.78, 5) is 0. The summed E-state index contributed by atoms with van der Waals surface area (Å²) < 4.78 is 0. The van der Waals surface area contributed by atoms with Gasteiger partial charge in [-0.3, -0.25) is 0 Å². The molecule has 0 saturated carbocycles. The summed E-state index contributed by atoms with van der Waals surface area (Å²) in [5.41, 5.74) is 2.63. The van der Waals surface area contributed by atoms with Crippen molar-refractivity contribution in [2.45, 2.75) is 13.3 Å². The van der Waals surface area contributed by atoms with E-state index < -0.39 is 0 Å². The monoisotopic (exact) mass is 134 g/mol. The molecule has 0 radical (unpaired) electrons. The van der Waals surface area contributed by atoms with Crippen LogP contribution in [-0.4, -0.2) is 0 Å². The predicted octanol–water partition coefficient (Wildman–Crippen LogP) is 3.14. The van der Waals surface area contributed by atoms with Gasteiger partial charge in [0.05, 0.1) is 0 Å². The maximum atomic E-state index is 3.74. The summed E-state index contributed by atoms with van der Waals surface area (Å²) in [7, 11) is 0. The highest BCUT2D eigenvalue weighted by atomic mass is 14.0. The highest BCUT2D eigenvalue weighted by molar-refractivity contribution is 5.51. The standard InChI is InChI=1S/C10H12.H2/c1-3-9-7-5-6-8-10(9)4-2;/h3,5-8H,1,4H2,2H3;1H. The van der Waals surface area contributed by atoms with Gasteiger partial charge in [-0.2, -0.15) is 0 Å². The van der Waals surface area contributed by atoms with Crippen molar-refractivity contribution in [2.24, 2.45) is 0 Å². The zero-order chi connectivity index (χ0) is 7.40. The van der Waals surface area contributed by atoms with Crippen LogP contribution in [0, 0.1) is 0 Å². The molecule has 0 spiro atoms. The number of rotatable bonds is 2. The smallest absolute Gasteiger partial charge is 0 e. The molecule has 0 saturated heterocycles. The SMILES string of the molecule is C=Cc1ccccc1CC.[HH]. The number of hydrogen-bond donors (Lipinski definition) is 0. The van der Waals surface area contributed by atoms with Gasteiger partial charge in [-0.25, -0.2) is 0 Å². The quantitative estimate of drug-likeness (QED) is 0.583. The van der Waals surface area contributed by atoms with E-state index in [1.54, 1.807) is 0 Å². The maximum Gasteiger partial charge on any atom is 0 e. The lowest BCUT2D eigenvalue weighted by molar-refractivity contribution is 1.13. The molecule has 0 aliphatic heterocycles. The average molecular weight is 134 g/mol. The second-order valence-electron chi connectivity index (χ2n) is 2.26. The van der Waals surface area contributed by atoms with Crippen molar-refractivity contribution in [3.63, 3.8) is 0 Å². The predicted molar refractivity (Wildman–Crippen MR) is 48.0 cm³/mol. The van der Waals surface area contributed by atoms with E-state index in [-0.39, 0.29) is 1.43 Å². The lowest BCUT2D eigenvalue weighted by Crippen LogP contribution is -1.83. The van der Waals surface area contributed by atoms with Gasteiger partial charge in [-0.1, -0.05) is 43.8 Å². The molecule has 1 aromatic carbocycles. The molecule has 1 rings (SSSR count). The number of hydrogen-bond acceptors (Lipinski definition) is 0. The van der Waals surface area contributed by atoms with Crippen LogP contribution < -0.4 is 0 Å². The van der Waals surface area contributed by atoms with Crippen molar-refractivity contribution in [1.29, 1.82) is 0 Å². The van der Waals surface area contributed by atoms with Gasteiger partial charge in [0.15, 0.2) is 0 Å². The Morgan fingerprint density at radius 2 is 2.20 bits per heavy atom. The summed E-state index contributed by atoms with van der Waals surface area (Å²) in [6.07, 6.45) is 2.99. The maximum absolute atomic E-state index is 3.74. The van der Waals surface area contributed by atoms with Crippen LogP contribution in [0.5, 0.6) is 0 Å². The molecule has 0 aliphatic carbocycles. The highest BCUT2D eigenvalue weighted by Crippen LogP contribution is 2.09. The molecule has 54 valence electrons. The lowest BCUT2D eigenvalue weighted by Gasteiger charge is -1.99. The first-order valence-electron chi connectivity index (χ1n) is 3.58. The third kappa shape index (κ3) is 1.27. The van der Waals surface area contributed by atoms with Crippen LogP contribution in [0.15, 0.2) is 30.8 Å². The third-order valence-corrected chi connectivity index (χ3v) is 1.66. The minimum atomic E-state index is 0. The van der Waals surface area contributed by atoms with E-state index in [0.29, 0.717) is 0 Å². The number of aryl methyl sites for hydroxylation is 1. The van der Waals surface area contributed by atoms with Gasteiger partial charge in [0.25, 0.3) is 0 Å². The van der Waals surface area contributed by atoms with Crippen molar-refractivity contribution in [3.8, 4) is 0 Å². The molecule has 0 nitrogen and oxygen atoms in total. The largest absolute Gasteiger partial charge is 0.0985 e. The molecule has 0 amide bonds. The van der Waals surface area contributed by atoms with Gasteiger partial charge in [0.1, 0.15) is 0 Å². The molecule has 0 bridgehead atoms. The molecule has 0 atom stereocenters. The summed E-state index contributed by atoms with van der Waals surface area (Å²) in [5.74, 6) is 0. The Bertz CT molecular complexity index is 228. The van der Waals surface area contributed by atoms with Crippen LogP contribution in [0.3, 0.4) is 0 Å². The molecule has 0 unspecified atom stereocenters. The molecule has 10 heavy (non-hydrogen) atoms. The zero-order valence-corrected chi connectivity index (χ0v) is 6.30. The van der Waals surface area contributed by atoms with Crippen LogP contribution in [0.25, 0.3) is 6.08 Å². The fourth-order valence-corrected chi connectivity index (χ4v) is 1.06. The molecule has 0 heterocycles. The Labute approximate surface area is 63.7 Å². The van der Waals surface area contributed by atoms with Gasteiger partial charge < -0.3 is 0 Å². The van der Waals surface area contributed by atoms with Crippen molar-refractivity contribution in [3.05, 3.63) is 42.0 Å². The summed E-state index contributed by atoms with van der Waals surface area (Å²) in [5, 5.41) is 0. The van der Waals surface area contributed by atoms with Crippen molar-refractivity contribution in [2.75, 3.05) is 0 Å². The normalized spacial score (nSPS) is 9.30. The summed E-state index contributed by atoms with van der Waals surface area (Å²) in [6, 6.07) is 8.32. The van der Waals surface area contributed by atoms with E-state index in [0.717, 1.165) is 6.42 Å². The van der Waals surface area contributed by atoms with E-state index in [2.05, 4.69) is 31.7 Å². The molecule has 0 N–H and O–H groups in total. The van der Waals surface area contributed by atoms with Gasteiger partial charge in [-0.15, -0.1) is 0 Å². The minimum absolute atomic E-state index is 0. The van der Waals surface area contributed by atoms with Crippen LogP contribution >= 0.6 is 0 Å². The fraction of sp³-hybridized carbons (Fsp3) is 0.200. The second kappa shape index (κ2) is 3.21. The molecule has 1 aromatic rings. The Hall–Kier alpha value is -1.04. The van der Waals surface area contributed by atoms with E-state index in [4.69, 9.17) is 0 Å². The highest BCUT2D eigenvalue weighted by Gasteiger charge is 1.91. The van der Waals surface area contributed by atoms with E-state index in [1.807, 2.05) is 12.1 Å². The van der Waals surface area contributed by atoms with Gasteiger partial charge in [-0.05, 0) is 17.5 Å². The molecular weight excluding hydrogens is 120 g/mol. The summed E-state index contributed by atoms with van der Waals surface area (Å²) in [6.45, 7) is 5.89. The van der Waals surface area contributed by atoms with Gasteiger partial charge >= 0.3 is 0 Å². The van der Waals surface area contributed by atoms with Crippen LogP contribution in [0.4, 0.5) is 0 Å². The Kier molecular flexibility index (Phi) is 2.27. The van der Waals surface area contributed by atoms with E-state index in [9.17, 15) is 0 Å². The Morgan fingerprint density at radius 1 is 1.50 bits per heavy atom. The first-order chi connectivity index (χ1) is 4.88. The first kappa shape index (κ1) is 7.07. The van der Waals surface area contributed by atoms with Crippen LogP contribution in [0.1, 0.15) is 19.5 Å². The minimum Gasteiger partial charge on any atom is -0.0985 e. The molecular formula is C10H14. The molecule has 0 fully saturated rings. The second-order valence-corrected chi connectivity index (χ2v) is 2.26. The summed E-state index contributed by atoms with van der Waals surface area (Å²) >= 11 is 0. The zero-order valence-electron chi connectivity index (χ0n) is 6.30. The lowest BCUT2D eigenvalue weighted by atomic mass is 10.1. The van der Waals surface area contributed by atoms with Crippen molar-refractivity contribution in [1.82, 2.24) is 0 Å². The van der Waals surface area contributed by atoms with Gasteiger partial charge in [0.2, 0.25) is 0 Å². The Balaban J connectivity index is 0.000001000. The molecule has 0 aromatic heterocycles. The third-order valence-electron chi connectivity index (χ3n) is 1.66. The van der Waals surface area contributed by atoms with Crippen LogP contribution in [0.2, 0.25) is 0 Å². The van der Waals surface area contributed by atoms with Crippen molar-refractivity contribution >= 4 is 6.08 Å². The van der Waals surface area contributed by atoms with Crippen molar-refractivity contribution < 1.29 is 1.43 Å². The average Bonchev–Trinajstić information content (AvgIpc) is 2.04. The van der Waals surface area contributed by atoms with Gasteiger partial charge in [0, 0.05) is 1.43 Å². The Morgan fingerprint density at radius 3 is 2.70 bits per heavy atom. The van der Waals surface area contributed by atoms with Crippen LogP contribution in [-0.2, 0) is 6.42 Å².